The van der Waals surface area contributed by atoms with Gasteiger partial charge in [0.25, 0.3) is 0 Å². The number of nitrogens with one attached hydrogen (secondary N) is 2. The van der Waals surface area contributed by atoms with E-state index < -0.39 is 0 Å². The van der Waals surface area contributed by atoms with Crippen LogP contribution in [-0.2, 0) is 0 Å². The van der Waals surface area contributed by atoms with Crippen molar-refractivity contribution in [2.45, 2.75) is 88.6 Å². The quantitative estimate of drug-likeness (QED) is 0.485. The number of nitrogens with zero attached hydrogens (tertiary/aromatic N) is 4. The minimum absolute atomic E-state index is 0.300. The molecule has 3 aliphatic heterocycles. The summed E-state index contributed by atoms with van der Waals surface area (Å²) >= 11 is 0. The Balaban J connectivity index is 1.24. The minimum Gasteiger partial charge on any atom is -0.355 e. The van der Waals surface area contributed by atoms with Crippen LogP contribution in [0.2, 0.25) is 0 Å². The van der Waals surface area contributed by atoms with Crippen LogP contribution in [0.4, 0.5) is 0 Å². The van der Waals surface area contributed by atoms with Crippen molar-refractivity contribution in [1.82, 2.24) is 25.3 Å². The van der Waals surface area contributed by atoms with E-state index in [0.29, 0.717) is 11.6 Å². The van der Waals surface area contributed by atoms with E-state index in [9.17, 15) is 0 Å². The molecule has 0 aromatic heterocycles. The van der Waals surface area contributed by atoms with Gasteiger partial charge in [0.15, 0.2) is 5.96 Å². The van der Waals surface area contributed by atoms with E-state index in [1.807, 2.05) is 7.05 Å². The van der Waals surface area contributed by atoms with Crippen LogP contribution in [0.1, 0.15) is 77.0 Å². The number of likely N-dealkylation sites (tertiary alicyclic amines) is 3. The molecule has 1 aliphatic carbocycles. The van der Waals surface area contributed by atoms with Crippen molar-refractivity contribution in [2.24, 2.45) is 10.9 Å². The maximum atomic E-state index is 4.62. The van der Waals surface area contributed by atoms with Crippen LogP contribution in [0.25, 0.3) is 0 Å². The van der Waals surface area contributed by atoms with Gasteiger partial charge in [-0.3, -0.25) is 9.89 Å². The summed E-state index contributed by atoms with van der Waals surface area (Å²) < 4.78 is 0. The van der Waals surface area contributed by atoms with Gasteiger partial charge in [0.1, 0.15) is 0 Å². The zero-order valence-corrected chi connectivity index (χ0v) is 21.1. The van der Waals surface area contributed by atoms with Crippen molar-refractivity contribution < 1.29 is 0 Å². The topological polar surface area (TPSA) is 46.1 Å². The molecule has 6 nitrogen and oxygen atoms in total. The van der Waals surface area contributed by atoms with E-state index in [1.54, 1.807) is 0 Å². The Bertz CT molecular complexity index is 565. The van der Waals surface area contributed by atoms with Gasteiger partial charge in [-0.05, 0) is 90.5 Å². The van der Waals surface area contributed by atoms with Crippen molar-refractivity contribution >= 4 is 5.96 Å². The normalized spacial score (nSPS) is 28.0. The SMILES string of the molecule is CN=C(NCC1(N2CCCCC2)CCN(C)CC1)NC1CCN(CC2CCCCC2)CC1. The van der Waals surface area contributed by atoms with Crippen molar-refractivity contribution in [3.05, 3.63) is 0 Å². The third-order valence-corrected chi connectivity index (χ3v) is 8.92. The number of aliphatic imine (C=N–C) groups is 1. The fourth-order valence-corrected chi connectivity index (χ4v) is 6.64. The maximum absolute atomic E-state index is 4.62. The van der Waals surface area contributed by atoms with E-state index in [0.717, 1.165) is 18.4 Å². The van der Waals surface area contributed by atoms with E-state index in [4.69, 9.17) is 0 Å². The van der Waals surface area contributed by atoms with Gasteiger partial charge < -0.3 is 20.4 Å². The number of guanidine groups is 1. The standard InChI is InChI=1S/C26H50N6/c1-27-25(29-24-11-17-31(18-12-24)21-23-9-5-3-6-10-23)28-22-26(13-19-30(2)20-14-26)32-15-7-4-8-16-32/h23-24H,3-22H2,1-2H3,(H2,27,28,29). The summed E-state index contributed by atoms with van der Waals surface area (Å²) in [5.41, 5.74) is 0.300. The first-order valence-electron chi connectivity index (χ1n) is 13.8. The molecule has 4 aliphatic rings. The molecule has 3 heterocycles. The monoisotopic (exact) mass is 446 g/mol. The van der Waals surface area contributed by atoms with E-state index in [2.05, 4.69) is 37.4 Å². The Hall–Kier alpha value is -0.850. The molecule has 0 aromatic rings. The molecular weight excluding hydrogens is 396 g/mol. The Kier molecular flexibility index (Phi) is 9.13. The fraction of sp³-hybridized carbons (Fsp3) is 0.962. The van der Waals surface area contributed by atoms with Gasteiger partial charge in [-0.25, -0.2) is 0 Å². The molecule has 0 spiro atoms. The second-order valence-corrected chi connectivity index (χ2v) is 11.2. The molecule has 0 atom stereocenters. The van der Waals surface area contributed by atoms with Gasteiger partial charge in [-0.15, -0.1) is 0 Å². The molecule has 3 saturated heterocycles. The van der Waals surface area contributed by atoms with Crippen molar-refractivity contribution in [2.75, 3.05) is 66.5 Å². The predicted molar refractivity (Wildman–Crippen MR) is 135 cm³/mol. The molecule has 4 rings (SSSR count). The zero-order chi connectivity index (χ0) is 22.2. The summed E-state index contributed by atoms with van der Waals surface area (Å²) in [5.74, 6) is 1.98. The van der Waals surface area contributed by atoms with Crippen LogP contribution >= 0.6 is 0 Å². The van der Waals surface area contributed by atoms with Gasteiger partial charge in [-0.1, -0.05) is 25.7 Å². The fourth-order valence-electron chi connectivity index (χ4n) is 6.64. The van der Waals surface area contributed by atoms with Gasteiger partial charge in [0.2, 0.25) is 0 Å². The van der Waals surface area contributed by atoms with Crippen LogP contribution < -0.4 is 10.6 Å². The first-order chi connectivity index (χ1) is 15.7. The summed E-state index contributed by atoms with van der Waals surface area (Å²) in [4.78, 5) is 12.7. The number of hydrogen-bond acceptors (Lipinski definition) is 4. The lowest BCUT2D eigenvalue weighted by Crippen LogP contribution is -2.62. The van der Waals surface area contributed by atoms with Crippen molar-refractivity contribution in [3.63, 3.8) is 0 Å². The van der Waals surface area contributed by atoms with Crippen LogP contribution in [0.5, 0.6) is 0 Å². The molecule has 2 N–H and O–H groups in total. The summed E-state index contributed by atoms with van der Waals surface area (Å²) in [5, 5.41) is 7.56. The molecule has 32 heavy (non-hydrogen) atoms. The van der Waals surface area contributed by atoms with E-state index in [-0.39, 0.29) is 0 Å². The smallest absolute Gasteiger partial charge is 0.191 e. The number of hydrogen-bond donors (Lipinski definition) is 2. The molecule has 0 unspecified atom stereocenters. The highest BCUT2D eigenvalue weighted by Gasteiger charge is 2.39. The third kappa shape index (κ3) is 6.60. The number of piperidine rings is 3. The van der Waals surface area contributed by atoms with Crippen LogP contribution in [0, 0.1) is 5.92 Å². The lowest BCUT2D eigenvalue weighted by atomic mass is 9.84. The van der Waals surface area contributed by atoms with Gasteiger partial charge in [0.05, 0.1) is 0 Å². The molecule has 0 bridgehead atoms. The second kappa shape index (κ2) is 12.0. The first-order valence-corrected chi connectivity index (χ1v) is 13.8. The van der Waals surface area contributed by atoms with Gasteiger partial charge in [-0.2, -0.15) is 0 Å². The predicted octanol–water partition coefficient (Wildman–Crippen LogP) is 3.15. The largest absolute Gasteiger partial charge is 0.355 e. The summed E-state index contributed by atoms with van der Waals surface area (Å²) in [7, 11) is 4.21. The van der Waals surface area contributed by atoms with Crippen LogP contribution in [-0.4, -0.2) is 98.7 Å². The highest BCUT2D eigenvalue weighted by atomic mass is 15.3. The van der Waals surface area contributed by atoms with Gasteiger partial charge in [0, 0.05) is 44.8 Å². The van der Waals surface area contributed by atoms with Crippen LogP contribution in [0.3, 0.4) is 0 Å². The minimum atomic E-state index is 0.300. The highest BCUT2D eigenvalue weighted by Crippen LogP contribution is 2.31. The lowest BCUT2D eigenvalue weighted by Gasteiger charge is -2.50. The summed E-state index contributed by atoms with van der Waals surface area (Å²) in [6, 6.07) is 0.562. The molecule has 1 saturated carbocycles. The lowest BCUT2D eigenvalue weighted by molar-refractivity contribution is 0.0172. The molecule has 0 amide bonds. The zero-order valence-electron chi connectivity index (χ0n) is 21.1. The average molecular weight is 447 g/mol. The van der Waals surface area contributed by atoms with Crippen molar-refractivity contribution in [1.29, 1.82) is 0 Å². The Morgan fingerprint density at radius 3 is 2.16 bits per heavy atom. The first kappa shape index (κ1) is 24.3. The van der Waals surface area contributed by atoms with E-state index in [1.165, 1.54) is 123 Å². The molecule has 0 aromatic carbocycles. The Labute approximate surface area is 197 Å². The summed E-state index contributed by atoms with van der Waals surface area (Å²) in [6.45, 7) is 9.83. The average Bonchev–Trinajstić information content (AvgIpc) is 2.85. The number of rotatable bonds is 6. The van der Waals surface area contributed by atoms with Crippen LogP contribution in [0.15, 0.2) is 4.99 Å². The Morgan fingerprint density at radius 1 is 0.844 bits per heavy atom. The molecule has 6 heteroatoms. The maximum Gasteiger partial charge on any atom is 0.191 e. The highest BCUT2D eigenvalue weighted by molar-refractivity contribution is 5.80. The molecule has 184 valence electrons. The third-order valence-electron chi connectivity index (χ3n) is 8.92. The second-order valence-electron chi connectivity index (χ2n) is 11.2. The molecular formula is C26H50N6. The van der Waals surface area contributed by atoms with Gasteiger partial charge >= 0.3 is 0 Å². The molecule has 0 radical (unpaired) electrons. The van der Waals surface area contributed by atoms with Crippen molar-refractivity contribution in [3.8, 4) is 0 Å². The molecule has 4 fully saturated rings. The Morgan fingerprint density at radius 2 is 1.50 bits per heavy atom. The van der Waals surface area contributed by atoms with E-state index >= 15 is 0 Å². The summed E-state index contributed by atoms with van der Waals surface area (Å²) in [6.07, 6.45) is 16.5.